The summed E-state index contributed by atoms with van der Waals surface area (Å²) in [6, 6.07) is 0. The van der Waals surface area contributed by atoms with Gasteiger partial charge in [0.15, 0.2) is 5.13 Å². The van der Waals surface area contributed by atoms with E-state index in [1.165, 1.54) is 19.3 Å². The van der Waals surface area contributed by atoms with E-state index in [2.05, 4.69) is 23.7 Å². The second kappa shape index (κ2) is 5.35. The number of rotatable bonds is 5. The fourth-order valence-electron chi connectivity index (χ4n) is 2.73. The lowest BCUT2D eigenvalue weighted by atomic mass is 9.82. The zero-order chi connectivity index (χ0) is 15.0. The van der Waals surface area contributed by atoms with Crippen molar-refractivity contribution in [2.24, 2.45) is 5.41 Å². The van der Waals surface area contributed by atoms with Gasteiger partial charge in [0.2, 0.25) is 0 Å². The molecule has 0 unspecified atom stereocenters. The number of thiazole rings is 1. The second-order valence-electron chi connectivity index (χ2n) is 6.32. The van der Waals surface area contributed by atoms with Gasteiger partial charge in [0.1, 0.15) is 5.41 Å². The lowest BCUT2D eigenvalue weighted by Crippen LogP contribution is -2.29. The minimum Gasteiger partial charge on any atom is -0.481 e. The smallest absolute Gasteiger partial charge is 0.315 e. The van der Waals surface area contributed by atoms with Crippen LogP contribution in [-0.2, 0) is 10.2 Å². The third-order valence-corrected chi connectivity index (χ3v) is 5.78. The molecule has 1 saturated heterocycles. The van der Waals surface area contributed by atoms with Gasteiger partial charge in [0, 0.05) is 18.5 Å². The van der Waals surface area contributed by atoms with Gasteiger partial charge in [-0.3, -0.25) is 4.79 Å². The van der Waals surface area contributed by atoms with Crippen molar-refractivity contribution >= 4 is 22.4 Å². The van der Waals surface area contributed by atoms with Gasteiger partial charge in [-0.25, -0.2) is 4.98 Å². The summed E-state index contributed by atoms with van der Waals surface area (Å²) in [5, 5.41) is 12.1. The second-order valence-corrected chi connectivity index (χ2v) is 7.16. The first kappa shape index (κ1) is 15.3. The fraction of sp³-hybridized carbons (Fsp3) is 0.733. The highest BCUT2D eigenvalue weighted by Crippen LogP contribution is 2.40. The zero-order valence-corrected chi connectivity index (χ0v) is 13.6. The van der Waals surface area contributed by atoms with E-state index in [1.54, 1.807) is 25.2 Å². The normalized spacial score (nSPS) is 18.5. The Morgan fingerprint density at radius 3 is 2.65 bits per heavy atom. The molecule has 112 valence electrons. The zero-order valence-electron chi connectivity index (χ0n) is 12.8. The molecule has 1 aliphatic rings. The molecule has 1 fully saturated rings. The Bertz CT molecular complexity index is 492. The van der Waals surface area contributed by atoms with Crippen molar-refractivity contribution in [1.82, 2.24) is 4.98 Å². The molecular formula is C15H24N2O2S. The van der Waals surface area contributed by atoms with Crippen LogP contribution in [0.3, 0.4) is 0 Å². The Kier molecular flexibility index (Phi) is 4.09. The van der Waals surface area contributed by atoms with E-state index in [4.69, 9.17) is 0 Å². The third kappa shape index (κ3) is 2.55. The van der Waals surface area contributed by atoms with Crippen molar-refractivity contribution in [3.63, 3.8) is 0 Å². The molecule has 0 saturated carbocycles. The first-order valence-corrected chi connectivity index (χ1v) is 8.17. The monoisotopic (exact) mass is 296 g/mol. The molecular weight excluding hydrogens is 272 g/mol. The number of carbonyl (C=O) groups is 1. The minimum absolute atomic E-state index is 0.411. The maximum atomic E-state index is 11.3. The number of anilines is 1. The number of aromatic nitrogens is 1. The molecule has 1 aromatic heterocycles. The topological polar surface area (TPSA) is 53.4 Å². The van der Waals surface area contributed by atoms with E-state index < -0.39 is 11.4 Å². The molecule has 0 aromatic carbocycles. The average molecular weight is 296 g/mol. The van der Waals surface area contributed by atoms with E-state index in [0.717, 1.165) is 18.2 Å². The van der Waals surface area contributed by atoms with E-state index in [9.17, 15) is 9.90 Å². The summed E-state index contributed by atoms with van der Waals surface area (Å²) < 4.78 is 0. The lowest BCUT2D eigenvalue weighted by molar-refractivity contribution is -0.142. The predicted molar refractivity (Wildman–Crippen MR) is 82.6 cm³/mol. The molecule has 0 spiro atoms. The molecule has 0 bridgehead atoms. The molecule has 2 heterocycles. The van der Waals surface area contributed by atoms with Crippen LogP contribution in [0.2, 0.25) is 0 Å². The number of hydrogen-bond donors (Lipinski definition) is 1. The molecule has 0 atom stereocenters. The molecule has 1 N–H and O–H groups in total. The van der Waals surface area contributed by atoms with Gasteiger partial charge in [0.05, 0.1) is 5.69 Å². The van der Waals surface area contributed by atoms with Crippen molar-refractivity contribution in [2.45, 2.75) is 52.4 Å². The van der Waals surface area contributed by atoms with Gasteiger partial charge in [-0.2, -0.15) is 0 Å². The van der Waals surface area contributed by atoms with E-state index in [-0.39, 0.29) is 0 Å². The average Bonchev–Trinajstić information content (AvgIpc) is 3.06. The van der Waals surface area contributed by atoms with Crippen LogP contribution in [0.5, 0.6) is 0 Å². The Labute approximate surface area is 124 Å². The van der Waals surface area contributed by atoms with Gasteiger partial charge in [0.25, 0.3) is 0 Å². The summed E-state index contributed by atoms with van der Waals surface area (Å²) in [7, 11) is 0. The van der Waals surface area contributed by atoms with E-state index >= 15 is 0 Å². The molecule has 5 heteroatoms. The third-order valence-electron chi connectivity index (χ3n) is 4.88. The van der Waals surface area contributed by atoms with Crippen LogP contribution in [0, 0.1) is 5.41 Å². The van der Waals surface area contributed by atoms with Crippen molar-refractivity contribution in [3.8, 4) is 0 Å². The number of aliphatic carboxylic acids is 1. The minimum atomic E-state index is -0.916. The SMILES string of the molecule is CCC1(CC)CCN(c2nc(C(C)(C)C(=O)O)cs2)C1. The van der Waals surface area contributed by atoms with Crippen molar-refractivity contribution in [3.05, 3.63) is 11.1 Å². The van der Waals surface area contributed by atoms with Crippen LogP contribution in [0.15, 0.2) is 5.38 Å². The Morgan fingerprint density at radius 1 is 1.50 bits per heavy atom. The molecule has 0 aliphatic carbocycles. The van der Waals surface area contributed by atoms with Crippen LogP contribution >= 0.6 is 11.3 Å². The standard InChI is InChI=1S/C15H24N2O2S/c1-5-15(6-2)7-8-17(10-15)13-16-11(9-20-13)14(3,4)12(18)19/h9H,5-8,10H2,1-4H3,(H,18,19). The first-order valence-electron chi connectivity index (χ1n) is 7.29. The molecule has 0 radical (unpaired) electrons. The van der Waals surface area contributed by atoms with Crippen molar-refractivity contribution < 1.29 is 9.90 Å². The van der Waals surface area contributed by atoms with Gasteiger partial charge >= 0.3 is 5.97 Å². The Hall–Kier alpha value is -1.10. The van der Waals surface area contributed by atoms with Crippen molar-refractivity contribution in [2.75, 3.05) is 18.0 Å². The largest absolute Gasteiger partial charge is 0.481 e. The first-order chi connectivity index (χ1) is 9.34. The van der Waals surface area contributed by atoms with Crippen molar-refractivity contribution in [1.29, 1.82) is 0 Å². The van der Waals surface area contributed by atoms with Crippen LogP contribution in [0.1, 0.15) is 52.7 Å². The summed E-state index contributed by atoms with van der Waals surface area (Å²) in [5.41, 5.74) is 0.158. The van der Waals surface area contributed by atoms with Crippen LogP contribution in [0.4, 0.5) is 5.13 Å². The summed E-state index contributed by atoms with van der Waals surface area (Å²) >= 11 is 1.56. The summed E-state index contributed by atoms with van der Waals surface area (Å²) in [6.45, 7) is 10.0. The molecule has 4 nitrogen and oxygen atoms in total. The maximum Gasteiger partial charge on any atom is 0.315 e. The molecule has 20 heavy (non-hydrogen) atoms. The summed E-state index contributed by atoms with van der Waals surface area (Å²) in [6.07, 6.45) is 3.59. The number of nitrogens with zero attached hydrogens (tertiary/aromatic N) is 2. The van der Waals surface area contributed by atoms with Crippen LogP contribution in [0.25, 0.3) is 0 Å². The molecule has 0 amide bonds. The number of carboxylic acids is 1. The molecule has 1 aromatic rings. The van der Waals surface area contributed by atoms with E-state index in [1.807, 2.05) is 5.38 Å². The van der Waals surface area contributed by atoms with Gasteiger partial charge < -0.3 is 10.0 Å². The molecule has 1 aliphatic heterocycles. The predicted octanol–water partition coefficient (Wildman–Crippen LogP) is 3.52. The van der Waals surface area contributed by atoms with Crippen LogP contribution < -0.4 is 4.90 Å². The Morgan fingerprint density at radius 2 is 2.15 bits per heavy atom. The summed E-state index contributed by atoms with van der Waals surface area (Å²) in [5.74, 6) is -0.827. The number of carboxylic acid groups (broad SMARTS) is 1. The highest BCUT2D eigenvalue weighted by atomic mass is 32.1. The van der Waals surface area contributed by atoms with Crippen LogP contribution in [-0.4, -0.2) is 29.1 Å². The summed E-state index contributed by atoms with van der Waals surface area (Å²) in [4.78, 5) is 18.2. The lowest BCUT2D eigenvalue weighted by Gasteiger charge is -2.26. The fourth-order valence-corrected chi connectivity index (χ4v) is 3.75. The number of hydrogen-bond acceptors (Lipinski definition) is 4. The quantitative estimate of drug-likeness (QED) is 0.903. The van der Waals surface area contributed by atoms with Gasteiger partial charge in [-0.1, -0.05) is 13.8 Å². The Balaban J connectivity index is 2.17. The maximum absolute atomic E-state index is 11.3. The highest BCUT2D eigenvalue weighted by molar-refractivity contribution is 7.13. The van der Waals surface area contributed by atoms with Gasteiger partial charge in [-0.15, -0.1) is 11.3 Å². The highest BCUT2D eigenvalue weighted by Gasteiger charge is 2.37. The van der Waals surface area contributed by atoms with Gasteiger partial charge in [-0.05, 0) is 38.5 Å². The molecule has 2 rings (SSSR count). The van der Waals surface area contributed by atoms with E-state index in [0.29, 0.717) is 11.1 Å².